The molecular formula is C87H110ClI3N26O11. The number of non-ortho nitro benzene ring substituents is 1. The van der Waals surface area contributed by atoms with Crippen molar-refractivity contribution >= 4 is 167 Å². The predicted octanol–water partition coefficient (Wildman–Crippen LogP) is 16.7. The number of aromatic nitrogens is 12. The average Bonchev–Trinajstić information content (AvgIpc) is 1.62. The van der Waals surface area contributed by atoms with Crippen LogP contribution in [0.5, 0.6) is 28.7 Å². The summed E-state index contributed by atoms with van der Waals surface area (Å²) in [4.78, 5) is 71.8. The molecule has 682 valence electrons. The lowest BCUT2D eigenvalue weighted by atomic mass is 10.1. The number of nitro groups is 1. The maximum atomic E-state index is 12.5. The van der Waals surface area contributed by atoms with Gasteiger partial charge in [-0.25, -0.2) is 43.9 Å². The third kappa shape index (κ3) is 31.1. The molecule has 0 radical (unpaired) electrons. The van der Waals surface area contributed by atoms with Gasteiger partial charge in [0.15, 0.2) is 0 Å². The zero-order valence-corrected chi connectivity index (χ0v) is 82.2. The van der Waals surface area contributed by atoms with Gasteiger partial charge in [0.25, 0.3) is 5.69 Å². The lowest BCUT2D eigenvalue weighted by molar-refractivity contribution is -0.385. The van der Waals surface area contributed by atoms with E-state index in [9.17, 15) is 19.7 Å². The average molecular weight is 2110 g/mol. The summed E-state index contributed by atoms with van der Waals surface area (Å²) in [6, 6.07) is 34.9. The molecule has 9 heterocycles. The Morgan fingerprint density at radius 1 is 0.508 bits per heavy atom. The Hall–Kier alpha value is -12.2. The van der Waals surface area contributed by atoms with Crippen molar-refractivity contribution in [3.05, 3.63) is 210 Å². The van der Waals surface area contributed by atoms with Gasteiger partial charge in [-0.15, -0.1) is 0 Å². The lowest BCUT2D eigenvalue weighted by Crippen LogP contribution is -2.41. The number of nitrogens with one attached hydrogen (secondary N) is 9. The fraction of sp³-hybridized carbons (Fsp3) is 0.345. The summed E-state index contributed by atoms with van der Waals surface area (Å²) in [5.74, 6) is 8.46. The molecule has 3 aliphatic rings. The molecule has 41 heteroatoms. The Morgan fingerprint density at radius 3 is 1.30 bits per heavy atom. The molecule has 0 fully saturated rings. The molecule has 128 heavy (non-hydrogen) atoms. The van der Waals surface area contributed by atoms with E-state index in [1.54, 1.807) is 56.0 Å². The number of hydrogen-bond acceptors (Lipinski definition) is 32. The maximum absolute atomic E-state index is 12.5. The van der Waals surface area contributed by atoms with Crippen LogP contribution in [0.1, 0.15) is 93.3 Å². The number of anilines is 11. The van der Waals surface area contributed by atoms with Crippen LogP contribution in [-0.4, -0.2) is 194 Å². The van der Waals surface area contributed by atoms with Gasteiger partial charge >= 0.3 is 12.2 Å². The Bertz CT molecular complexity index is 5630. The molecular weight excluding hydrogens is 2000 g/mol. The number of benzene rings is 5. The summed E-state index contributed by atoms with van der Waals surface area (Å²) >= 11 is 12.0. The number of nitrogens with zero attached hydrogens (tertiary/aromatic N) is 15. The largest absolute Gasteiger partial charge is 0.496 e. The van der Waals surface area contributed by atoms with Crippen LogP contribution in [-0.2, 0) is 35.4 Å². The number of fused-ring (bicyclic) bond motifs is 2. The van der Waals surface area contributed by atoms with Gasteiger partial charge in [-0.2, -0.15) is 25.1 Å². The van der Waals surface area contributed by atoms with Gasteiger partial charge in [0.1, 0.15) is 74.6 Å². The van der Waals surface area contributed by atoms with Gasteiger partial charge in [0, 0.05) is 197 Å². The van der Waals surface area contributed by atoms with E-state index in [1.807, 2.05) is 221 Å². The molecule has 6 aromatic heterocycles. The molecule has 0 saturated carbocycles. The van der Waals surface area contributed by atoms with Gasteiger partial charge in [-0.3, -0.25) is 10.1 Å². The first kappa shape index (κ1) is 101. The Morgan fingerprint density at radius 2 is 0.898 bits per heavy atom. The molecule has 14 rings (SSSR count). The van der Waals surface area contributed by atoms with Crippen LogP contribution in [0, 0.1) is 53.9 Å². The molecule has 0 spiro atoms. The quantitative estimate of drug-likeness (QED) is 0.00894. The molecule has 3 aliphatic heterocycles. The fourth-order valence-corrected chi connectivity index (χ4v) is 14.5. The maximum Gasteiger partial charge on any atom is 0.410 e. The van der Waals surface area contributed by atoms with Crippen LogP contribution < -0.4 is 77.7 Å². The second-order valence-electron chi connectivity index (χ2n) is 30.3. The molecule has 0 aliphatic carbocycles. The van der Waals surface area contributed by atoms with Crippen molar-refractivity contribution < 1.29 is 47.7 Å². The topological polar surface area (TPSA) is 459 Å². The van der Waals surface area contributed by atoms with Crippen LogP contribution in [0.4, 0.5) is 79.1 Å². The van der Waals surface area contributed by atoms with E-state index >= 15 is 0 Å². The third-order valence-electron chi connectivity index (χ3n) is 18.2. The number of methoxy groups -OCH3 is 5. The third-order valence-corrected chi connectivity index (χ3v) is 20.9. The number of rotatable bonds is 19. The highest BCUT2D eigenvalue weighted by atomic mass is 127. The van der Waals surface area contributed by atoms with Crippen molar-refractivity contribution in [2.24, 2.45) is 5.73 Å². The zero-order valence-electron chi connectivity index (χ0n) is 74.9. The highest BCUT2D eigenvalue weighted by molar-refractivity contribution is 14.1. The van der Waals surface area contributed by atoms with E-state index in [0.717, 1.165) is 145 Å². The first-order valence-electron chi connectivity index (χ1n) is 40.0. The van der Waals surface area contributed by atoms with Gasteiger partial charge in [0.2, 0.25) is 23.1 Å². The summed E-state index contributed by atoms with van der Waals surface area (Å²) in [6.07, 6.45) is 6.74. The number of hydrogen-bond donors (Lipinski definition) is 11. The van der Waals surface area contributed by atoms with Crippen LogP contribution in [0.3, 0.4) is 0 Å². The van der Waals surface area contributed by atoms with E-state index < -0.39 is 16.1 Å². The van der Waals surface area contributed by atoms with Gasteiger partial charge in [-0.05, 0) is 227 Å². The van der Waals surface area contributed by atoms with E-state index in [0.29, 0.717) is 79.6 Å². The van der Waals surface area contributed by atoms with Crippen molar-refractivity contribution in [1.29, 1.82) is 5.41 Å². The fourth-order valence-electron chi connectivity index (χ4n) is 12.1. The van der Waals surface area contributed by atoms with E-state index in [2.05, 4.69) is 134 Å². The highest BCUT2D eigenvalue weighted by Crippen LogP contribution is 2.34. The predicted molar refractivity (Wildman–Crippen MR) is 527 cm³/mol. The van der Waals surface area contributed by atoms with E-state index in [1.165, 1.54) is 31.0 Å². The summed E-state index contributed by atoms with van der Waals surface area (Å²) in [5.41, 5.74) is 24.5. The monoisotopic (exact) mass is 2110 g/mol. The Labute approximate surface area is 790 Å². The summed E-state index contributed by atoms with van der Waals surface area (Å²) in [5, 5.41) is 52.4. The lowest BCUT2D eigenvalue weighted by Gasteiger charge is -2.30. The van der Waals surface area contributed by atoms with Crippen molar-refractivity contribution in [1.82, 2.24) is 74.5 Å². The number of halogens is 4. The van der Waals surface area contributed by atoms with Crippen molar-refractivity contribution in [3.63, 3.8) is 0 Å². The number of carbonyl (C=O) groups excluding carboxylic acids is 2. The van der Waals surface area contributed by atoms with E-state index in [-0.39, 0.29) is 23.2 Å². The molecule has 0 saturated heterocycles. The molecule has 13 N–H and O–H groups in total. The molecule has 0 bridgehead atoms. The first-order valence-corrected chi connectivity index (χ1v) is 43.7. The minimum Gasteiger partial charge on any atom is -0.496 e. The number of aryl methyl sites for hydroxylation is 4. The minimum atomic E-state index is -0.530. The number of carbonyl (C=O) groups is 2. The van der Waals surface area contributed by atoms with Gasteiger partial charge in [0.05, 0.1) is 75.7 Å². The Kier molecular flexibility index (Phi) is 38.1. The Balaban J connectivity index is 0.000000193. The SMILES string of the molecule is CC(C)(C)OC(=O)N1CCC(N)=C(C=N)C1.CNc1cc(C)nc(Cl)n1.CNc1cc(C)nc(Nc2ccc(OC)c(-n3cc4c(n3)CCN(C(=O)OC(C)(C)C)C4)c2)n1.CNc1cc(C)nc(Nc2ccc(OC)c(-n3cc4c(n3)CCNC4)c2)n1.CNc1cc(C)nc(Nc2ccc(OC)c(I)c2)n1.COc1ccc(N)cc1I.COc1ccc([N+](=O)[O-])cc1I. The highest BCUT2D eigenvalue weighted by Gasteiger charge is 2.30. The van der Waals surface area contributed by atoms with E-state index in [4.69, 9.17) is 71.8 Å². The number of nitrogen functional groups attached to an aromatic ring is 1. The summed E-state index contributed by atoms with van der Waals surface area (Å²) in [7, 11) is 15.4. The van der Waals surface area contributed by atoms with Crippen LogP contribution in [0.15, 0.2) is 139 Å². The van der Waals surface area contributed by atoms with Crippen LogP contribution >= 0.6 is 79.4 Å². The second kappa shape index (κ2) is 48.1. The van der Waals surface area contributed by atoms with Gasteiger partial charge < -0.3 is 102 Å². The number of nitrogens with two attached hydrogens (primary N) is 2. The van der Waals surface area contributed by atoms with Crippen molar-refractivity contribution in [3.8, 4) is 40.1 Å². The first-order chi connectivity index (χ1) is 60.9. The summed E-state index contributed by atoms with van der Waals surface area (Å²) < 4.78 is 43.6. The van der Waals surface area contributed by atoms with Crippen molar-refractivity contribution in [2.75, 3.05) is 133 Å². The minimum absolute atomic E-state index is 0.0835. The molecule has 2 amide bonds. The normalized spacial score (nSPS) is 12.3. The van der Waals surface area contributed by atoms with Crippen molar-refractivity contribution in [2.45, 2.75) is 113 Å². The summed E-state index contributed by atoms with van der Waals surface area (Å²) in [6.45, 7) is 22.5. The number of nitro benzene ring substituents is 1. The molecule has 11 aromatic rings. The number of ether oxygens (including phenoxy) is 7. The smallest absolute Gasteiger partial charge is 0.410 e. The zero-order chi connectivity index (χ0) is 93.7. The molecule has 5 aromatic carbocycles. The van der Waals surface area contributed by atoms with Crippen LogP contribution in [0.25, 0.3) is 11.4 Å². The molecule has 0 atom stereocenters. The molecule has 0 unspecified atom stereocenters. The second-order valence-corrected chi connectivity index (χ2v) is 34.1. The standard InChI is InChI=1S/C24H31N7O3.C19H23N7O.C13H15IN4O.C11H19N3O2.C7H6INO3.C7H8INO.C6H8ClN3/c1-15-11-21(25-5)28-22(26-15)27-17-7-8-20(33-6)19(12-17)31-14-16-13-30(10-9-18(16)29-31)23(32)34-24(2,3)4;1-12-8-18(20-2)24-19(22-12)23-14-4-5-17(27-3)16(9-14)26-11-13-10-21-7-6-15(13)25-26;1-8-6-12(15-2)18-13(16-8)17-9-4-5-11(19-3)10(14)7-9;1-11(2,3)16-10(15)14-5-4-9(13)8(6-12)7-14;1-12-7-3-2-5(9(10)11)4-6(7)8;1-10-7-3-2-5(9)4-6(7)8;1-4-3-5(8-2)10-6(7)9-4/h7-8,11-12,14H,9-10,13H2,1-6H3,(H2,25,26,27,28);4-5,8-9,11,21H,6-7,10H2,1-3H3,(H2,20,22,23,24);4-7H,1-3H3,(H2,15,16,17,18);6,12H,4-5,7,13H2,1-3H3;2-4H,1H3;2-4H,9H2,1H3;3H,1-2H3,(H,8,9,10). The van der Waals surface area contributed by atoms with Crippen LogP contribution in [0.2, 0.25) is 5.28 Å². The number of amides is 2. The molecule has 37 nitrogen and oxygen atoms in total. The van der Waals surface area contributed by atoms with Gasteiger partial charge in [-0.1, -0.05) is 0 Å².